The number of ether oxygens (including phenoxy) is 1. The highest BCUT2D eigenvalue weighted by Gasteiger charge is 2.47. The summed E-state index contributed by atoms with van der Waals surface area (Å²) >= 11 is 0. The molecule has 2 aromatic rings. The zero-order valence-electron chi connectivity index (χ0n) is 22.6. The lowest BCUT2D eigenvalue weighted by Crippen LogP contribution is -2.58. The lowest BCUT2D eigenvalue weighted by atomic mass is 9.97. The van der Waals surface area contributed by atoms with Crippen molar-refractivity contribution in [2.45, 2.75) is 64.3 Å². The molecular weight excluding hydrogens is 480 g/mol. The third kappa shape index (κ3) is 6.07. The highest BCUT2D eigenvalue weighted by molar-refractivity contribution is 5.94. The molecule has 5 rings (SSSR count). The molecule has 0 spiro atoms. The molecule has 202 valence electrons. The lowest BCUT2D eigenvalue weighted by molar-refractivity contribution is -0.143. The van der Waals surface area contributed by atoms with Gasteiger partial charge in [-0.15, -0.1) is 0 Å². The summed E-state index contributed by atoms with van der Waals surface area (Å²) in [5.41, 5.74) is 1.66. The van der Waals surface area contributed by atoms with Crippen molar-refractivity contribution >= 4 is 23.8 Å². The first kappa shape index (κ1) is 27.4. The van der Waals surface area contributed by atoms with E-state index < -0.39 is 24.1 Å². The summed E-state index contributed by atoms with van der Waals surface area (Å²) in [6.07, 6.45) is 5.19. The summed E-state index contributed by atoms with van der Waals surface area (Å²) in [4.78, 5) is 44.6. The van der Waals surface area contributed by atoms with Crippen molar-refractivity contribution in [2.75, 3.05) is 13.7 Å². The summed E-state index contributed by atoms with van der Waals surface area (Å²) in [5.74, 6) is -0.443. The molecule has 1 saturated heterocycles. The number of nitrogens with one attached hydrogen (secondary N) is 2. The van der Waals surface area contributed by atoms with E-state index >= 15 is 0 Å². The van der Waals surface area contributed by atoms with Crippen LogP contribution < -0.4 is 15.4 Å². The van der Waals surface area contributed by atoms with E-state index in [-0.39, 0.29) is 30.4 Å². The van der Waals surface area contributed by atoms with Crippen molar-refractivity contribution in [1.82, 2.24) is 20.4 Å². The molecular formula is C30H38N4O4. The second-order valence-electron chi connectivity index (χ2n) is 10.4. The van der Waals surface area contributed by atoms with Crippen LogP contribution in [0.5, 0.6) is 5.75 Å². The summed E-state index contributed by atoms with van der Waals surface area (Å²) in [6, 6.07) is 14.8. The molecule has 0 aromatic heterocycles. The number of fused-ring (bicyclic) bond motifs is 10. The monoisotopic (exact) mass is 518 g/mol. The van der Waals surface area contributed by atoms with Gasteiger partial charge in [-0.2, -0.15) is 0 Å². The van der Waals surface area contributed by atoms with Gasteiger partial charge in [0.05, 0.1) is 12.7 Å². The van der Waals surface area contributed by atoms with E-state index in [0.29, 0.717) is 5.75 Å². The molecule has 2 aromatic carbocycles. The maximum absolute atomic E-state index is 14.1. The quantitative estimate of drug-likeness (QED) is 0.609. The van der Waals surface area contributed by atoms with Gasteiger partial charge in [0.2, 0.25) is 17.7 Å². The Morgan fingerprint density at radius 1 is 1.00 bits per heavy atom. The Bertz CT molecular complexity index is 1150. The van der Waals surface area contributed by atoms with E-state index in [2.05, 4.69) is 17.6 Å². The minimum absolute atomic E-state index is 0.101. The van der Waals surface area contributed by atoms with E-state index in [4.69, 9.17) is 4.74 Å². The van der Waals surface area contributed by atoms with Crippen LogP contribution in [0.1, 0.15) is 57.3 Å². The van der Waals surface area contributed by atoms with Gasteiger partial charge in [0, 0.05) is 6.20 Å². The van der Waals surface area contributed by atoms with Gasteiger partial charge in [0.15, 0.2) is 12.1 Å². The normalized spacial score (nSPS) is 25.6. The molecule has 2 N–H and O–H groups in total. The fraction of sp³-hybridized carbons (Fsp3) is 0.433. The number of unbranched alkanes of at least 4 members (excludes halogenated alkanes) is 1. The van der Waals surface area contributed by atoms with E-state index in [9.17, 15) is 14.4 Å². The van der Waals surface area contributed by atoms with Crippen LogP contribution in [-0.4, -0.2) is 59.4 Å². The molecule has 3 heterocycles. The van der Waals surface area contributed by atoms with Crippen molar-refractivity contribution in [1.29, 1.82) is 0 Å². The highest BCUT2D eigenvalue weighted by Crippen LogP contribution is 2.32. The molecule has 0 saturated carbocycles. The van der Waals surface area contributed by atoms with E-state index in [1.807, 2.05) is 80.4 Å². The Hall–Kier alpha value is -3.65. The first-order valence-electron chi connectivity index (χ1n) is 13.4. The molecule has 0 aliphatic carbocycles. The van der Waals surface area contributed by atoms with Crippen LogP contribution >= 0.6 is 0 Å². The summed E-state index contributed by atoms with van der Waals surface area (Å²) in [6.45, 7) is 6.15. The van der Waals surface area contributed by atoms with Crippen molar-refractivity contribution < 1.29 is 19.1 Å². The molecule has 4 atom stereocenters. The average Bonchev–Trinajstić information content (AvgIpc) is 3.18. The number of carbonyl (C=O) groups excluding carboxylic acids is 3. The largest absolute Gasteiger partial charge is 0.483 e. The number of nitrogens with zero attached hydrogens (tertiary/aromatic N) is 2. The van der Waals surface area contributed by atoms with Gasteiger partial charge < -0.3 is 20.3 Å². The first-order chi connectivity index (χ1) is 18.3. The summed E-state index contributed by atoms with van der Waals surface area (Å²) in [7, 11) is 1.91. The number of carbonyl (C=O) groups is 3. The number of amides is 3. The predicted molar refractivity (Wildman–Crippen MR) is 147 cm³/mol. The molecule has 2 bridgehead atoms. The smallest absolute Gasteiger partial charge is 0.247 e. The molecule has 3 aliphatic rings. The Kier molecular flexibility index (Phi) is 8.84. The van der Waals surface area contributed by atoms with Crippen LogP contribution in [0.4, 0.5) is 0 Å². The number of likely N-dealkylation sites (N-methyl/N-ethyl adjacent to an activating group) is 1. The van der Waals surface area contributed by atoms with Crippen LogP contribution in [0.2, 0.25) is 0 Å². The van der Waals surface area contributed by atoms with E-state index in [1.165, 1.54) is 0 Å². The number of benzene rings is 2. The van der Waals surface area contributed by atoms with Gasteiger partial charge >= 0.3 is 0 Å². The summed E-state index contributed by atoms with van der Waals surface area (Å²) < 4.78 is 6.52. The van der Waals surface area contributed by atoms with Crippen LogP contribution in [0.3, 0.4) is 0 Å². The Morgan fingerprint density at radius 2 is 1.71 bits per heavy atom. The minimum Gasteiger partial charge on any atom is -0.483 e. The third-order valence-corrected chi connectivity index (χ3v) is 7.22. The van der Waals surface area contributed by atoms with Crippen molar-refractivity contribution in [3.05, 3.63) is 71.9 Å². The fourth-order valence-electron chi connectivity index (χ4n) is 5.04. The number of rotatable bonds is 6. The SMILES string of the molecule is CCCCC1C(=O)N(C2C(=O)NC(C(C)C)C(=O)N/C=C\c3ccc(cc3)OC2c2ccccc2)CN1C. The highest BCUT2D eigenvalue weighted by atomic mass is 16.5. The molecule has 0 radical (unpaired) electrons. The zero-order chi connectivity index (χ0) is 27.2. The lowest BCUT2D eigenvalue weighted by Gasteiger charge is -2.35. The van der Waals surface area contributed by atoms with Crippen LogP contribution in [0, 0.1) is 5.92 Å². The molecule has 8 heteroatoms. The fourth-order valence-corrected chi connectivity index (χ4v) is 5.04. The van der Waals surface area contributed by atoms with E-state index in [0.717, 1.165) is 30.4 Å². The maximum atomic E-state index is 14.1. The first-order valence-corrected chi connectivity index (χ1v) is 13.4. The van der Waals surface area contributed by atoms with Crippen LogP contribution in [-0.2, 0) is 14.4 Å². The van der Waals surface area contributed by atoms with Gasteiger partial charge in [0.25, 0.3) is 0 Å². The molecule has 3 amide bonds. The van der Waals surface area contributed by atoms with Crippen molar-refractivity contribution in [3.63, 3.8) is 0 Å². The van der Waals surface area contributed by atoms with Crippen molar-refractivity contribution in [2.24, 2.45) is 5.92 Å². The second-order valence-corrected chi connectivity index (χ2v) is 10.4. The van der Waals surface area contributed by atoms with Gasteiger partial charge in [0.1, 0.15) is 11.8 Å². The second kappa shape index (κ2) is 12.3. The average molecular weight is 519 g/mol. The topological polar surface area (TPSA) is 91.0 Å². The molecule has 4 unspecified atom stereocenters. The van der Waals surface area contributed by atoms with Crippen molar-refractivity contribution in [3.8, 4) is 5.75 Å². The predicted octanol–water partition coefficient (Wildman–Crippen LogP) is 3.71. The molecule has 3 aliphatic heterocycles. The van der Waals surface area contributed by atoms with Crippen LogP contribution in [0.25, 0.3) is 6.08 Å². The van der Waals surface area contributed by atoms with Gasteiger partial charge in [-0.25, -0.2) is 0 Å². The van der Waals surface area contributed by atoms with Gasteiger partial charge in [-0.3, -0.25) is 19.3 Å². The van der Waals surface area contributed by atoms with Crippen LogP contribution in [0.15, 0.2) is 60.8 Å². The molecule has 38 heavy (non-hydrogen) atoms. The molecule has 8 nitrogen and oxygen atoms in total. The minimum atomic E-state index is -0.994. The maximum Gasteiger partial charge on any atom is 0.247 e. The Balaban J connectivity index is 1.82. The summed E-state index contributed by atoms with van der Waals surface area (Å²) in [5, 5.41) is 5.75. The number of hydrogen-bond donors (Lipinski definition) is 2. The van der Waals surface area contributed by atoms with Gasteiger partial charge in [-0.1, -0.05) is 76.1 Å². The Labute approximate surface area is 225 Å². The number of hydrogen-bond acceptors (Lipinski definition) is 5. The molecule has 1 fully saturated rings. The van der Waals surface area contributed by atoms with Gasteiger partial charge in [-0.05, 0) is 48.7 Å². The Morgan fingerprint density at radius 3 is 2.37 bits per heavy atom. The standard InChI is InChI=1S/C30H38N4O4/c1-5-6-12-24-30(37)34(19-33(24)4)26-27(22-10-8-7-9-11-22)38-23-15-13-21(14-16-23)17-18-31-28(35)25(20(2)3)32-29(26)36/h7-11,13-18,20,24-27H,5-6,12,19H2,1-4H3,(H,31,35)(H,32,36)/b18-17-. The third-order valence-electron chi connectivity index (χ3n) is 7.22. The van der Waals surface area contributed by atoms with E-state index in [1.54, 1.807) is 17.2 Å². The zero-order valence-corrected chi connectivity index (χ0v) is 22.6.